The van der Waals surface area contributed by atoms with Crippen LogP contribution in [0.1, 0.15) is 5.56 Å². The molecule has 0 aliphatic carbocycles. The molecular weight excluding hydrogens is 238 g/mol. The molecule has 6 heteroatoms. The van der Waals surface area contributed by atoms with Gasteiger partial charge in [-0.2, -0.15) is 0 Å². The molecule has 0 aliphatic heterocycles. The van der Waals surface area contributed by atoms with E-state index < -0.39 is 19.0 Å². The van der Waals surface area contributed by atoms with Crippen LogP contribution in [0.2, 0.25) is 5.02 Å². The lowest BCUT2D eigenvalue weighted by Crippen LogP contribution is -2.32. The van der Waals surface area contributed by atoms with E-state index in [4.69, 9.17) is 11.6 Å². The first kappa shape index (κ1) is 12.7. The molecule has 3 nitrogen and oxygen atoms in total. The number of carbonyl (C=O) groups is 1. The van der Waals surface area contributed by atoms with E-state index in [2.05, 4.69) is 5.32 Å². The molecule has 0 unspecified atom stereocenters. The average molecular weight is 249 g/mol. The van der Waals surface area contributed by atoms with Crippen molar-refractivity contribution in [1.29, 1.82) is 0 Å². The zero-order valence-electron chi connectivity index (χ0n) is 8.56. The van der Waals surface area contributed by atoms with E-state index in [-0.39, 0.29) is 0 Å². The highest BCUT2D eigenvalue weighted by Gasteiger charge is 2.09. The highest BCUT2D eigenvalue weighted by Crippen LogP contribution is 2.24. The lowest BCUT2D eigenvalue weighted by Gasteiger charge is -2.10. The Labute approximate surface area is 96.8 Å². The fourth-order valence-electron chi connectivity index (χ4n) is 1.12. The van der Waals surface area contributed by atoms with Gasteiger partial charge in [-0.05, 0) is 18.6 Å². The fraction of sp³-hybridized carbons (Fsp3) is 0.300. The molecule has 1 aromatic rings. The molecule has 2 amide bonds. The van der Waals surface area contributed by atoms with Gasteiger partial charge in [0.15, 0.2) is 0 Å². The Kier molecular flexibility index (Phi) is 4.49. The molecule has 0 heterocycles. The first-order valence-corrected chi connectivity index (χ1v) is 4.96. The van der Waals surface area contributed by atoms with Gasteiger partial charge in [0.1, 0.15) is 0 Å². The number of aryl methyl sites for hydroxylation is 1. The smallest absolute Gasteiger partial charge is 0.319 e. The summed E-state index contributed by atoms with van der Waals surface area (Å²) in [5.41, 5.74) is 1.19. The Morgan fingerprint density at radius 1 is 1.50 bits per heavy atom. The molecular formula is C10H11ClF2N2O. The number of anilines is 1. The van der Waals surface area contributed by atoms with Crippen LogP contribution in [0.15, 0.2) is 18.2 Å². The van der Waals surface area contributed by atoms with Gasteiger partial charge in [0, 0.05) is 0 Å². The first-order chi connectivity index (χ1) is 7.50. The second-order valence-electron chi connectivity index (χ2n) is 3.16. The Morgan fingerprint density at radius 2 is 2.19 bits per heavy atom. The van der Waals surface area contributed by atoms with Gasteiger partial charge in [0.2, 0.25) is 0 Å². The summed E-state index contributed by atoms with van der Waals surface area (Å²) >= 11 is 5.85. The van der Waals surface area contributed by atoms with Crippen LogP contribution >= 0.6 is 11.6 Å². The van der Waals surface area contributed by atoms with Crippen molar-refractivity contribution in [3.05, 3.63) is 28.8 Å². The van der Waals surface area contributed by atoms with E-state index in [1.807, 2.05) is 5.32 Å². The molecule has 16 heavy (non-hydrogen) atoms. The Hall–Kier alpha value is -1.36. The highest BCUT2D eigenvalue weighted by atomic mass is 35.5. The standard InChI is InChI=1S/C10H11ClF2N2O/c1-6-3-2-4-7(11)9(6)15-10(16)14-5-8(12)13/h2-4,8H,5H2,1H3,(H2,14,15,16). The number of urea groups is 1. The lowest BCUT2D eigenvalue weighted by atomic mass is 10.2. The fourth-order valence-corrected chi connectivity index (χ4v) is 1.39. The molecule has 0 atom stereocenters. The number of rotatable bonds is 3. The van der Waals surface area contributed by atoms with Gasteiger partial charge in [0.25, 0.3) is 6.43 Å². The summed E-state index contributed by atoms with van der Waals surface area (Å²) in [6.45, 7) is 1.07. The van der Waals surface area contributed by atoms with Crippen molar-refractivity contribution in [1.82, 2.24) is 5.32 Å². The summed E-state index contributed by atoms with van der Waals surface area (Å²) in [4.78, 5) is 11.2. The van der Waals surface area contributed by atoms with Gasteiger partial charge < -0.3 is 10.6 Å². The topological polar surface area (TPSA) is 41.1 Å². The van der Waals surface area contributed by atoms with Crippen molar-refractivity contribution < 1.29 is 13.6 Å². The van der Waals surface area contributed by atoms with E-state index in [1.165, 1.54) is 0 Å². The molecule has 0 aromatic heterocycles. The molecule has 0 bridgehead atoms. The monoisotopic (exact) mass is 248 g/mol. The second-order valence-corrected chi connectivity index (χ2v) is 3.57. The number of benzene rings is 1. The summed E-state index contributed by atoms with van der Waals surface area (Å²) in [5.74, 6) is 0. The quantitative estimate of drug-likeness (QED) is 0.848. The van der Waals surface area contributed by atoms with Crippen molar-refractivity contribution in [2.45, 2.75) is 13.3 Å². The predicted molar refractivity (Wildman–Crippen MR) is 59.2 cm³/mol. The van der Waals surface area contributed by atoms with Crippen LogP contribution in [0.3, 0.4) is 0 Å². The Balaban J connectivity index is 2.63. The third-order valence-electron chi connectivity index (χ3n) is 1.88. The van der Waals surface area contributed by atoms with E-state index in [0.29, 0.717) is 10.7 Å². The van der Waals surface area contributed by atoms with Crippen molar-refractivity contribution in [2.75, 3.05) is 11.9 Å². The molecule has 0 spiro atoms. The van der Waals surface area contributed by atoms with E-state index in [9.17, 15) is 13.6 Å². The predicted octanol–water partition coefficient (Wildman–Crippen LogP) is 3.04. The highest BCUT2D eigenvalue weighted by molar-refractivity contribution is 6.33. The molecule has 0 saturated carbocycles. The maximum atomic E-state index is 11.8. The number of hydrogen-bond donors (Lipinski definition) is 2. The van der Waals surface area contributed by atoms with Gasteiger partial charge in [-0.15, -0.1) is 0 Å². The third-order valence-corrected chi connectivity index (χ3v) is 2.19. The number of nitrogens with one attached hydrogen (secondary N) is 2. The van der Waals surface area contributed by atoms with Gasteiger partial charge in [0.05, 0.1) is 17.3 Å². The second kappa shape index (κ2) is 5.65. The van der Waals surface area contributed by atoms with Crippen molar-refractivity contribution in [3.8, 4) is 0 Å². The van der Waals surface area contributed by atoms with Gasteiger partial charge in [-0.3, -0.25) is 0 Å². The van der Waals surface area contributed by atoms with Crippen LogP contribution in [0, 0.1) is 6.92 Å². The summed E-state index contributed by atoms with van der Waals surface area (Å²) in [6, 6.07) is 4.41. The van der Waals surface area contributed by atoms with Gasteiger partial charge in [-0.1, -0.05) is 23.7 Å². The molecule has 0 radical (unpaired) electrons. The van der Waals surface area contributed by atoms with Gasteiger partial charge in [-0.25, -0.2) is 13.6 Å². The van der Waals surface area contributed by atoms with Crippen molar-refractivity contribution in [2.24, 2.45) is 0 Å². The largest absolute Gasteiger partial charge is 0.332 e. The molecule has 88 valence electrons. The SMILES string of the molecule is Cc1cccc(Cl)c1NC(=O)NCC(F)F. The van der Waals surface area contributed by atoms with Crippen LogP contribution < -0.4 is 10.6 Å². The zero-order valence-corrected chi connectivity index (χ0v) is 9.31. The van der Waals surface area contributed by atoms with Crippen LogP contribution in [-0.2, 0) is 0 Å². The number of hydrogen-bond acceptors (Lipinski definition) is 1. The van der Waals surface area contributed by atoms with Crippen LogP contribution in [-0.4, -0.2) is 19.0 Å². The van der Waals surface area contributed by atoms with E-state index >= 15 is 0 Å². The summed E-state index contributed by atoms with van der Waals surface area (Å²) in [5, 5.41) is 4.81. The molecule has 0 saturated heterocycles. The maximum absolute atomic E-state index is 11.8. The number of para-hydroxylation sites is 1. The third kappa shape index (κ3) is 3.66. The minimum absolute atomic E-state index is 0.368. The molecule has 1 rings (SSSR count). The van der Waals surface area contributed by atoms with Crippen LogP contribution in [0.4, 0.5) is 19.3 Å². The van der Waals surface area contributed by atoms with Gasteiger partial charge >= 0.3 is 6.03 Å². The summed E-state index contributed by atoms with van der Waals surface area (Å²) in [7, 11) is 0. The van der Waals surface area contributed by atoms with E-state index in [1.54, 1.807) is 25.1 Å². The Morgan fingerprint density at radius 3 is 2.75 bits per heavy atom. The number of amides is 2. The lowest BCUT2D eigenvalue weighted by molar-refractivity contribution is 0.148. The van der Waals surface area contributed by atoms with E-state index in [0.717, 1.165) is 5.56 Å². The minimum Gasteiger partial charge on any atom is -0.332 e. The number of alkyl halides is 2. The normalized spacial score (nSPS) is 10.3. The van der Waals surface area contributed by atoms with Crippen molar-refractivity contribution >= 4 is 23.3 Å². The van der Waals surface area contributed by atoms with Crippen LogP contribution in [0.25, 0.3) is 0 Å². The average Bonchev–Trinajstić information content (AvgIpc) is 2.21. The minimum atomic E-state index is -2.57. The maximum Gasteiger partial charge on any atom is 0.319 e. The van der Waals surface area contributed by atoms with Crippen molar-refractivity contribution in [3.63, 3.8) is 0 Å². The molecule has 1 aromatic carbocycles. The number of carbonyl (C=O) groups excluding carboxylic acids is 1. The molecule has 0 aliphatic rings. The molecule has 2 N–H and O–H groups in total. The summed E-state index contributed by atoms with van der Waals surface area (Å²) < 4.78 is 23.6. The molecule has 0 fully saturated rings. The zero-order chi connectivity index (χ0) is 12.1. The summed E-state index contributed by atoms with van der Waals surface area (Å²) in [6.07, 6.45) is -2.57. The Bertz CT molecular complexity index is 365. The number of halogens is 3. The first-order valence-electron chi connectivity index (χ1n) is 4.59. The van der Waals surface area contributed by atoms with Crippen LogP contribution in [0.5, 0.6) is 0 Å².